The van der Waals surface area contributed by atoms with Crippen molar-refractivity contribution in [2.45, 2.75) is 51.1 Å². The summed E-state index contributed by atoms with van der Waals surface area (Å²) < 4.78 is 6.60. The summed E-state index contributed by atoms with van der Waals surface area (Å²) in [7, 11) is 0. The number of carbonyl (C=O) groups excluding carboxylic acids is 1. The Kier molecular flexibility index (Phi) is 7.47. The number of amides is 1. The largest absolute Gasteiger partial charge is 0.381 e. The molecule has 0 aliphatic carbocycles. The van der Waals surface area contributed by atoms with E-state index in [0.29, 0.717) is 32.6 Å². The van der Waals surface area contributed by atoms with Gasteiger partial charge in [-0.15, -0.1) is 0 Å². The number of piperidine rings is 1. The normalized spacial score (nSPS) is 19.8. The molecule has 5 heteroatoms. The summed E-state index contributed by atoms with van der Waals surface area (Å²) in [6.45, 7) is 7.55. The average Bonchev–Trinajstić information content (AvgIpc) is 2.81. The lowest BCUT2D eigenvalue weighted by Gasteiger charge is -2.36. The molecular formula is C26H33BrN2O2. The third-order valence-corrected chi connectivity index (χ3v) is 7.46. The Morgan fingerprint density at radius 3 is 2.29 bits per heavy atom. The molecule has 0 spiro atoms. The number of nitrogens with zero attached hydrogens (tertiary/aromatic N) is 1. The van der Waals surface area contributed by atoms with E-state index in [4.69, 9.17) is 4.74 Å². The van der Waals surface area contributed by atoms with Gasteiger partial charge in [-0.2, -0.15) is 0 Å². The average molecular weight is 485 g/mol. The van der Waals surface area contributed by atoms with Crippen LogP contribution in [-0.2, 0) is 28.0 Å². The molecule has 166 valence electrons. The second kappa shape index (κ2) is 10.3. The van der Waals surface area contributed by atoms with Gasteiger partial charge >= 0.3 is 0 Å². The Labute approximate surface area is 194 Å². The number of likely N-dealkylation sites (tertiary alicyclic amines) is 1. The molecule has 4 nitrogen and oxygen atoms in total. The highest BCUT2D eigenvalue weighted by molar-refractivity contribution is 9.10. The third kappa shape index (κ3) is 5.57. The van der Waals surface area contributed by atoms with Crippen LogP contribution in [0.15, 0.2) is 53.0 Å². The van der Waals surface area contributed by atoms with Crippen LogP contribution >= 0.6 is 15.9 Å². The Morgan fingerprint density at radius 1 is 1.03 bits per heavy atom. The number of benzene rings is 2. The number of hydrogen-bond donors (Lipinski definition) is 1. The second-order valence-electron chi connectivity index (χ2n) is 9.16. The maximum Gasteiger partial charge on any atom is 0.231 e. The molecule has 4 rings (SSSR count). The van der Waals surface area contributed by atoms with Crippen molar-refractivity contribution in [1.82, 2.24) is 10.2 Å². The zero-order valence-electron chi connectivity index (χ0n) is 18.4. The van der Waals surface area contributed by atoms with Crippen LogP contribution in [0.3, 0.4) is 0 Å². The first kappa shape index (κ1) is 22.5. The first-order valence-corrected chi connectivity index (χ1v) is 12.3. The van der Waals surface area contributed by atoms with Gasteiger partial charge in [0.1, 0.15) is 0 Å². The SMILES string of the molecule is CC1CCN(Cc2ccc(CNC(=O)C3(c4ccc(Br)cc4)CCOCC3)cc2)CC1. The molecule has 1 amide bonds. The number of halogens is 1. The van der Waals surface area contributed by atoms with Gasteiger partial charge in [0.15, 0.2) is 0 Å². The molecule has 2 fully saturated rings. The third-order valence-electron chi connectivity index (χ3n) is 6.94. The van der Waals surface area contributed by atoms with Crippen LogP contribution in [-0.4, -0.2) is 37.1 Å². The minimum absolute atomic E-state index is 0.102. The quantitative estimate of drug-likeness (QED) is 0.623. The van der Waals surface area contributed by atoms with Gasteiger partial charge in [0.2, 0.25) is 5.91 Å². The Balaban J connectivity index is 1.37. The monoisotopic (exact) mass is 484 g/mol. The van der Waals surface area contributed by atoms with Crippen molar-refractivity contribution >= 4 is 21.8 Å². The van der Waals surface area contributed by atoms with Crippen molar-refractivity contribution in [1.29, 1.82) is 0 Å². The van der Waals surface area contributed by atoms with Gasteiger partial charge in [-0.3, -0.25) is 9.69 Å². The summed E-state index contributed by atoms with van der Waals surface area (Å²) in [5.74, 6) is 0.961. The van der Waals surface area contributed by atoms with Crippen molar-refractivity contribution in [3.05, 3.63) is 69.7 Å². The molecule has 2 aliphatic rings. The predicted octanol–water partition coefficient (Wildman–Crippen LogP) is 5.05. The minimum atomic E-state index is -0.510. The van der Waals surface area contributed by atoms with Crippen molar-refractivity contribution in [2.24, 2.45) is 5.92 Å². The van der Waals surface area contributed by atoms with Gasteiger partial charge < -0.3 is 10.1 Å². The first-order valence-electron chi connectivity index (χ1n) is 11.5. The fourth-order valence-electron chi connectivity index (χ4n) is 4.73. The van der Waals surface area contributed by atoms with Gasteiger partial charge in [-0.1, -0.05) is 59.3 Å². The Hall–Kier alpha value is -1.69. The molecule has 31 heavy (non-hydrogen) atoms. The van der Waals surface area contributed by atoms with Crippen LogP contribution < -0.4 is 5.32 Å². The van der Waals surface area contributed by atoms with Gasteiger partial charge in [-0.25, -0.2) is 0 Å². The summed E-state index contributed by atoms with van der Waals surface area (Å²) in [4.78, 5) is 15.9. The highest BCUT2D eigenvalue weighted by atomic mass is 79.9. The molecule has 0 aromatic heterocycles. The van der Waals surface area contributed by atoms with Crippen LogP contribution in [0.5, 0.6) is 0 Å². The van der Waals surface area contributed by atoms with Crippen molar-refractivity contribution in [3.8, 4) is 0 Å². The molecule has 0 atom stereocenters. The van der Waals surface area contributed by atoms with Crippen LogP contribution in [0.25, 0.3) is 0 Å². The summed E-state index contributed by atoms with van der Waals surface area (Å²) in [5.41, 5.74) is 3.05. The van der Waals surface area contributed by atoms with Gasteiger partial charge in [0.25, 0.3) is 0 Å². The van der Waals surface area contributed by atoms with E-state index in [1.807, 2.05) is 12.1 Å². The molecule has 2 heterocycles. The van der Waals surface area contributed by atoms with Crippen LogP contribution in [0.1, 0.15) is 49.3 Å². The van der Waals surface area contributed by atoms with Crippen LogP contribution in [0.2, 0.25) is 0 Å². The molecule has 0 saturated carbocycles. The molecule has 2 aromatic rings. The summed E-state index contributed by atoms with van der Waals surface area (Å²) in [6, 6.07) is 16.9. The Bertz CT molecular complexity index is 852. The number of carbonyl (C=O) groups is 1. The second-order valence-corrected chi connectivity index (χ2v) is 10.1. The van der Waals surface area contributed by atoms with Gasteiger partial charge in [0, 0.05) is 30.8 Å². The molecule has 0 radical (unpaired) electrons. The minimum Gasteiger partial charge on any atom is -0.381 e. The molecule has 2 saturated heterocycles. The lowest BCUT2D eigenvalue weighted by molar-refractivity contribution is -0.130. The van der Waals surface area contributed by atoms with E-state index in [1.54, 1.807) is 0 Å². The highest BCUT2D eigenvalue weighted by Crippen LogP contribution is 2.36. The van der Waals surface area contributed by atoms with E-state index in [0.717, 1.165) is 28.1 Å². The standard InChI is InChI=1S/C26H33BrN2O2/c1-20-10-14-29(15-11-20)19-22-4-2-21(3-5-22)18-28-25(30)26(12-16-31-17-13-26)23-6-8-24(27)9-7-23/h2-9,20H,10-19H2,1H3,(H,28,30). The smallest absolute Gasteiger partial charge is 0.231 e. The summed E-state index contributed by atoms with van der Waals surface area (Å²) >= 11 is 3.50. The summed E-state index contributed by atoms with van der Waals surface area (Å²) in [6.07, 6.45) is 4.03. The first-order chi connectivity index (χ1) is 15.0. The van der Waals surface area contributed by atoms with Gasteiger partial charge in [-0.05, 0) is 73.5 Å². The lowest BCUT2D eigenvalue weighted by Crippen LogP contribution is -2.47. The maximum absolute atomic E-state index is 13.3. The van der Waals surface area contributed by atoms with Gasteiger partial charge in [0.05, 0.1) is 5.41 Å². The van der Waals surface area contributed by atoms with E-state index in [1.165, 1.54) is 31.5 Å². The predicted molar refractivity (Wildman–Crippen MR) is 128 cm³/mol. The zero-order chi connectivity index (χ0) is 21.7. The summed E-state index contributed by atoms with van der Waals surface area (Å²) in [5, 5.41) is 3.21. The van der Waals surface area contributed by atoms with Crippen LogP contribution in [0.4, 0.5) is 0 Å². The van der Waals surface area contributed by atoms with Crippen molar-refractivity contribution in [2.75, 3.05) is 26.3 Å². The fraction of sp³-hybridized carbons (Fsp3) is 0.500. The van der Waals surface area contributed by atoms with Crippen molar-refractivity contribution < 1.29 is 9.53 Å². The molecular weight excluding hydrogens is 452 g/mol. The van der Waals surface area contributed by atoms with E-state index < -0.39 is 5.41 Å². The molecule has 2 aliphatic heterocycles. The highest BCUT2D eigenvalue weighted by Gasteiger charge is 2.41. The van der Waals surface area contributed by atoms with E-state index in [2.05, 4.69) is 69.5 Å². The van der Waals surface area contributed by atoms with E-state index in [9.17, 15) is 4.79 Å². The zero-order valence-corrected chi connectivity index (χ0v) is 20.0. The molecule has 2 aromatic carbocycles. The fourth-order valence-corrected chi connectivity index (χ4v) is 4.99. The topological polar surface area (TPSA) is 41.6 Å². The Morgan fingerprint density at radius 2 is 1.65 bits per heavy atom. The lowest BCUT2D eigenvalue weighted by atomic mass is 9.73. The maximum atomic E-state index is 13.3. The van der Waals surface area contributed by atoms with Crippen molar-refractivity contribution in [3.63, 3.8) is 0 Å². The molecule has 0 unspecified atom stereocenters. The number of hydrogen-bond acceptors (Lipinski definition) is 3. The number of ether oxygens (including phenoxy) is 1. The van der Waals surface area contributed by atoms with Crippen LogP contribution in [0, 0.1) is 5.92 Å². The van der Waals surface area contributed by atoms with E-state index >= 15 is 0 Å². The van der Waals surface area contributed by atoms with E-state index in [-0.39, 0.29) is 5.91 Å². The molecule has 1 N–H and O–H groups in total. The number of rotatable bonds is 6. The molecule has 0 bridgehead atoms. The number of nitrogens with one attached hydrogen (secondary N) is 1.